The molecule has 1 heterocycles. The number of aliphatic carboxylic acids is 1. The predicted molar refractivity (Wildman–Crippen MR) is 82.6 cm³/mol. The van der Waals surface area contributed by atoms with Crippen LogP contribution in [0.5, 0.6) is 0 Å². The van der Waals surface area contributed by atoms with Gasteiger partial charge in [0.15, 0.2) is 0 Å². The van der Waals surface area contributed by atoms with E-state index >= 15 is 0 Å². The third-order valence-corrected chi connectivity index (χ3v) is 4.06. The van der Waals surface area contributed by atoms with Crippen molar-refractivity contribution in [1.82, 2.24) is 5.32 Å². The highest BCUT2D eigenvalue weighted by Crippen LogP contribution is 2.30. The lowest BCUT2D eigenvalue weighted by Crippen LogP contribution is -2.46. The van der Waals surface area contributed by atoms with Gasteiger partial charge in [0.05, 0.1) is 18.1 Å². The number of carboxylic acid groups (broad SMARTS) is 1. The molecule has 0 aromatic carbocycles. The number of ether oxygens (including phenoxy) is 2. The van der Waals surface area contributed by atoms with E-state index < -0.39 is 11.4 Å². The van der Waals surface area contributed by atoms with Gasteiger partial charge in [-0.05, 0) is 32.1 Å². The minimum absolute atomic E-state index is 0.133. The average molecular weight is 315 g/mol. The van der Waals surface area contributed by atoms with Crippen LogP contribution < -0.4 is 5.32 Å². The van der Waals surface area contributed by atoms with Gasteiger partial charge >= 0.3 is 5.97 Å². The molecule has 6 nitrogen and oxygen atoms in total. The van der Waals surface area contributed by atoms with Crippen LogP contribution in [-0.4, -0.2) is 49.5 Å². The summed E-state index contributed by atoms with van der Waals surface area (Å²) in [6, 6.07) is 0. The highest BCUT2D eigenvalue weighted by Gasteiger charge is 2.40. The molecule has 1 amide bonds. The molecule has 1 unspecified atom stereocenters. The molecule has 0 bridgehead atoms. The van der Waals surface area contributed by atoms with E-state index in [0.29, 0.717) is 38.6 Å². The van der Waals surface area contributed by atoms with Crippen molar-refractivity contribution in [2.45, 2.75) is 52.6 Å². The first-order chi connectivity index (χ1) is 10.4. The number of rotatable bonds is 9. The van der Waals surface area contributed by atoms with Gasteiger partial charge in [0.2, 0.25) is 5.91 Å². The van der Waals surface area contributed by atoms with Crippen molar-refractivity contribution in [3.8, 4) is 0 Å². The molecule has 1 aliphatic rings. The fourth-order valence-corrected chi connectivity index (χ4v) is 2.67. The van der Waals surface area contributed by atoms with Crippen molar-refractivity contribution in [2.75, 3.05) is 26.4 Å². The Kier molecular flexibility index (Phi) is 7.82. The number of nitrogens with one attached hydrogen (secondary N) is 1. The first-order valence-corrected chi connectivity index (χ1v) is 8.05. The molecule has 0 radical (unpaired) electrons. The molecule has 6 heteroatoms. The summed E-state index contributed by atoms with van der Waals surface area (Å²) in [7, 11) is 0. The van der Waals surface area contributed by atoms with Crippen LogP contribution in [0.1, 0.15) is 46.5 Å². The van der Waals surface area contributed by atoms with Crippen LogP contribution in [0.2, 0.25) is 0 Å². The Morgan fingerprint density at radius 2 is 1.91 bits per heavy atom. The molecule has 1 fully saturated rings. The Bertz CT molecular complexity index is 364. The monoisotopic (exact) mass is 315 g/mol. The number of amides is 1. The molecule has 0 saturated carbocycles. The lowest BCUT2D eigenvalue weighted by atomic mass is 9.80. The fraction of sp³-hybridized carbons (Fsp3) is 0.875. The Labute approximate surface area is 132 Å². The molecule has 1 aliphatic heterocycles. The number of carbonyl (C=O) groups is 2. The minimum atomic E-state index is -0.889. The molecule has 128 valence electrons. The third-order valence-electron chi connectivity index (χ3n) is 4.06. The maximum Gasteiger partial charge on any atom is 0.311 e. The summed E-state index contributed by atoms with van der Waals surface area (Å²) < 4.78 is 10.8. The smallest absolute Gasteiger partial charge is 0.311 e. The van der Waals surface area contributed by atoms with Crippen molar-refractivity contribution in [1.29, 1.82) is 0 Å². The zero-order valence-corrected chi connectivity index (χ0v) is 13.9. The molecule has 0 aromatic rings. The maximum absolute atomic E-state index is 11.8. The zero-order valence-electron chi connectivity index (χ0n) is 13.9. The molecule has 0 aliphatic carbocycles. The molecule has 1 saturated heterocycles. The van der Waals surface area contributed by atoms with Gasteiger partial charge in [-0.15, -0.1) is 0 Å². The molecule has 1 rings (SSSR count). The molecule has 2 N–H and O–H groups in total. The van der Waals surface area contributed by atoms with Crippen LogP contribution in [0.25, 0.3) is 0 Å². The van der Waals surface area contributed by atoms with E-state index in [0.717, 1.165) is 6.42 Å². The van der Waals surface area contributed by atoms with Gasteiger partial charge in [0.1, 0.15) is 0 Å². The van der Waals surface area contributed by atoms with Crippen LogP contribution in [0.15, 0.2) is 0 Å². The standard InChI is InChI=1S/C16H29NO5/c1-12(2)10-13(3)22-7-4-14(18)17-11-16(15(19)20)5-8-21-9-6-16/h12-13H,4-11H2,1-3H3,(H,17,18)(H,19,20). The number of hydrogen-bond donors (Lipinski definition) is 2. The van der Waals surface area contributed by atoms with Crippen LogP contribution in [0, 0.1) is 11.3 Å². The number of hydrogen-bond acceptors (Lipinski definition) is 4. The molecular weight excluding hydrogens is 286 g/mol. The van der Waals surface area contributed by atoms with Gasteiger partial charge in [-0.1, -0.05) is 13.8 Å². The van der Waals surface area contributed by atoms with E-state index in [2.05, 4.69) is 19.2 Å². The van der Waals surface area contributed by atoms with Crippen molar-refractivity contribution in [3.63, 3.8) is 0 Å². The second-order valence-electron chi connectivity index (χ2n) is 6.54. The molecular formula is C16H29NO5. The molecule has 0 spiro atoms. The van der Waals surface area contributed by atoms with E-state index in [4.69, 9.17) is 9.47 Å². The van der Waals surface area contributed by atoms with Crippen LogP contribution >= 0.6 is 0 Å². The Morgan fingerprint density at radius 3 is 2.45 bits per heavy atom. The topological polar surface area (TPSA) is 84.9 Å². The summed E-state index contributed by atoms with van der Waals surface area (Å²) in [6.07, 6.45) is 2.22. The lowest BCUT2D eigenvalue weighted by Gasteiger charge is -2.33. The van der Waals surface area contributed by atoms with Gasteiger partial charge in [0, 0.05) is 26.2 Å². The SMILES string of the molecule is CC(C)CC(C)OCCC(=O)NCC1(C(=O)O)CCOCC1. The summed E-state index contributed by atoms with van der Waals surface area (Å²) in [5.74, 6) is -0.463. The molecule has 0 aromatic heterocycles. The second-order valence-corrected chi connectivity index (χ2v) is 6.54. The van der Waals surface area contributed by atoms with E-state index in [1.54, 1.807) is 0 Å². The van der Waals surface area contributed by atoms with Gasteiger partial charge in [-0.2, -0.15) is 0 Å². The second kappa shape index (κ2) is 9.10. The molecule has 1 atom stereocenters. The van der Waals surface area contributed by atoms with Crippen LogP contribution in [0.4, 0.5) is 0 Å². The summed E-state index contributed by atoms with van der Waals surface area (Å²) in [5.41, 5.74) is -0.889. The number of carbonyl (C=O) groups excluding carboxylic acids is 1. The average Bonchev–Trinajstić information content (AvgIpc) is 2.45. The van der Waals surface area contributed by atoms with Crippen molar-refractivity contribution >= 4 is 11.9 Å². The lowest BCUT2D eigenvalue weighted by molar-refractivity contribution is -0.154. The third kappa shape index (κ3) is 6.32. The quantitative estimate of drug-likeness (QED) is 0.678. The largest absolute Gasteiger partial charge is 0.481 e. The summed E-state index contributed by atoms with van der Waals surface area (Å²) in [4.78, 5) is 23.3. The van der Waals surface area contributed by atoms with Gasteiger partial charge in [0.25, 0.3) is 0 Å². The normalized spacial score (nSPS) is 18.9. The van der Waals surface area contributed by atoms with Gasteiger partial charge < -0.3 is 19.9 Å². The minimum Gasteiger partial charge on any atom is -0.481 e. The summed E-state index contributed by atoms with van der Waals surface area (Å²) in [6.45, 7) is 7.64. The van der Waals surface area contributed by atoms with E-state index in [9.17, 15) is 14.7 Å². The van der Waals surface area contributed by atoms with E-state index in [1.165, 1.54) is 0 Å². The Morgan fingerprint density at radius 1 is 1.27 bits per heavy atom. The predicted octanol–water partition coefficient (Wildman–Crippen LogP) is 1.83. The summed E-state index contributed by atoms with van der Waals surface area (Å²) >= 11 is 0. The van der Waals surface area contributed by atoms with Crippen LogP contribution in [-0.2, 0) is 19.1 Å². The maximum atomic E-state index is 11.8. The molecule has 22 heavy (non-hydrogen) atoms. The van der Waals surface area contributed by atoms with Crippen molar-refractivity contribution < 1.29 is 24.2 Å². The van der Waals surface area contributed by atoms with Gasteiger partial charge in [-0.25, -0.2) is 0 Å². The first kappa shape index (κ1) is 18.9. The number of carboxylic acids is 1. The van der Waals surface area contributed by atoms with Crippen molar-refractivity contribution in [2.24, 2.45) is 11.3 Å². The van der Waals surface area contributed by atoms with E-state index in [-0.39, 0.29) is 25.0 Å². The Hall–Kier alpha value is -1.14. The van der Waals surface area contributed by atoms with E-state index in [1.807, 2.05) is 6.92 Å². The fourth-order valence-electron chi connectivity index (χ4n) is 2.67. The highest BCUT2D eigenvalue weighted by molar-refractivity contribution is 5.79. The van der Waals surface area contributed by atoms with Crippen LogP contribution in [0.3, 0.4) is 0 Å². The van der Waals surface area contributed by atoms with Gasteiger partial charge in [-0.3, -0.25) is 9.59 Å². The zero-order chi connectivity index (χ0) is 16.6. The highest BCUT2D eigenvalue weighted by atomic mass is 16.5. The summed E-state index contributed by atoms with van der Waals surface area (Å²) in [5, 5.41) is 12.1. The first-order valence-electron chi connectivity index (χ1n) is 8.05. The van der Waals surface area contributed by atoms with Crippen molar-refractivity contribution in [3.05, 3.63) is 0 Å². The Balaban J connectivity index is 2.28.